The standard InChI is InChI=1S/C18H27N5O2/c1-12(2)18-19-16(25-21-18)7-8-17(24)22-9-5-6-15(11-22)23-14(4)10-13(3)20-23/h10,12,15H,5-9,11H2,1-4H3/t15-/m0/s1. The van der Waals surface area contributed by atoms with Crippen molar-refractivity contribution in [2.24, 2.45) is 0 Å². The van der Waals surface area contributed by atoms with Crippen molar-refractivity contribution in [2.75, 3.05) is 13.1 Å². The fraction of sp³-hybridized carbons (Fsp3) is 0.667. The summed E-state index contributed by atoms with van der Waals surface area (Å²) < 4.78 is 7.30. The summed E-state index contributed by atoms with van der Waals surface area (Å²) >= 11 is 0. The SMILES string of the molecule is Cc1cc(C)n([C@H]2CCCN(C(=O)CCc3nc(C(C)C)no3)C2)n1. The van der Waals surface area contributed by atoms with Crippen molar-refractivity contribution in [3.8, 4) is 0 Å². The monoisotopic (exact) mass is 345 g/mol. The molecule has 1 amide bonds. The lowest BCUT2D eigenvalue weighted by Gasteiger charge is -2.33. The lowest BCUT2D eigenvalue weighted by atomic mass is 10.0. The lowest BCUT2D eigenvalue weighted by molar-refractivity contribution is -0.133. The number of rotatable bonds is 5. The molecule has 0 aliphatic carbocycles. The highest BCUT2D eigenvalue weighted by Crippen LogP contribution is 2.23. The van der Waals surface area contributed by atoms with E-state index in [1.165, 1.54) is 0 Å². The lowest BCUT2D eigenvalue weighted by Crippen LogP contribution is -2.41. The van der Waals surface area contributed by atoms with Gasteiger partial charge in [0.15, 0.2) is 5.82 Å². The average Bonchev–Trinajstić information content (AvgIpc) is 3.19. The zero-order chi connectivity index (χ0) is 18.0. The Hall–Kier alpha value is -2.18. The molecular formula is C18H27N5O2. The predicted octanol–water partition coefficient (Wildman–Crippen LogP) is 2.80. The number of carbonyl (C=O) groups excluding carboxylic acids is 1. The van der Waals surface area contributed by atoms with Crippen LogP contribution in [0.15, 0.2) is 10.6 Å². The van der Waals surface area contributed by atoms with Crippen LogP contribution in [-0.2, 0) is 11.2 Å². The molecule has 7 nitrogen and oxygen atoms in total. The second-order valence-corrected chi connectivity index (χ2v) is 7.21. The van der Waals surface area contributed by atoms with Crippen LogP contribution < -0.4 is 0 Å². The van der Waals surface area contributed by atoms with Crippen molar-refractivity contribution in [2.45, 2.75) is 65.3 Å². The quantitative estimate of drug-likeness (QED) is 0.833. The summed E-state index contributed by atoms with van der Waals surface area (Å²) in [5.41, 5.74) is 2.18. The second kappa shape index (κ2) is 7.37. The van der Waals surface area contributed by atoms with Gasteiger partial charge in [-0.15, -0.1) is 0 Å². The molecule has 0 radical (unpaired) electrons. The maximum atomic E-state index is 12.6. The number of amides is 1. The van der Waals surface area contributed by atoms with Gasteiger partial charge in [0.25, 0.3) is 0 Å². The van der Waals surface area contributed by atoms with Crippen LogP contribution in [0, 0.1) is 13.8 Å². The van der Waals surface area contributed by atoms with Gasteiger partial charge in [0, 0.05) is 37.5 Å². The van der Waals surface area contributed by atoms with Crippen LogP contribution in [0.3, 0.4) is 0 Å². The van der Waals surface area contributed by atoms with Crippen molar-refractivity contribution in [3.05, 3.63) is 29.2 Å². The number of hydrogen-bond acceptors (Lipinski definition) is 5. The first-order valence-corrected chi connectivity index (χ1v) is 9.07. The van der Waals surface area contributed by atoms with E-state index >= 15 is 0 Å². The highest BCUT2D eigenvalue weighted by molar-refractivity contribution is 5.76. The van der Waals surface area contributed by atoms with E-state index < -0.39 is 0 Å². The summed E-state index contributed by atoms with van der Waals surface area (Å²) in [6.45, 7) is 9.66. The molecule has 2 aromatic rings. The molecule has 1 saturated heterocycles. The molecule has 3 heterocycles. The van der Waals surface area contributed by atoms with Crippen LogP contribution in [0.25, 0.3) is 0 Å². The number of nitrogens with zero attached hydrogens (tertiary/aromatic N) is 5. The van der Waals surface area contributed by atoms with E-state index in [4.69, 9.17) is 4.52 Å². The summed E-state index contributed by atoms with van der Waals surface area (Å²) in [4.78, 5) is 18.9. The van der Waals surface area contributed by atoms with Gasteiger partial charge in [0.1, 0.15) is 0 Å². The Kier molecular flexibility index (Phi) is 5.20. The average molecular weight is 345 g/mol. The minimum Gasteiger partial charge on any atom is -0.341 e. The number of piperidine rings is 1. The summed E-state index contributed by atoms with van der Waals surface area (Å²) in [6.07, 6.45) is 2.98. The van der Waals surface area contributed by atoms with Crippen LogP contribution in [0.4, 0.5) is 0 Å². The molecule has 3 rings (SSSR count). The Morgan fingerprint density at radius 2 is 2.20 bits per heavy atom. The maximum absolute atomic E-state index is 12.6. The van der Waals surface area contributed by atoms with Gasteiger partial charge in [-0.05, 0) is 32.8 Å². The summed E-state index contributed by atoms with van der Waals surface area (Å²) in [7, 11) is 0. The molecule has 136 valence electrons. The smallest absolute Gasteiger partial charge is 0.227 e. The van der Waals surface area contributed by atoms with Crippen molar-refractivity contribution in [1.82, 2.24) is 24.8 Å². The summed E-state index contributed by atoms with van der Waals surface area (Å²) in [5, 5.41) is 8.53. The van der Waals surface area contributed by atoms with Gasteiger partial charge in [-0.1, -0.05) is 19.0 Å². The Morgan fingerprint density at radius 1 is 1.40 bits per heavy atom. The topological polar surface area (TPSA) is 77.0 Å². The molecule has 25 heavy (non-hydrogen) atoms. The van der Waals surface area contributed by atoms with Crippen LogP contribution >= 0.6 is 0 Å². The zero-order valence-electron chi connectivity index (χ0n) is 15.5. The van der Waals surface area contributed by atoms with Crippen molar-refractivity contribution >= 4 is 5.91 Å². The first-order chi connectivity index (χ1) is 11.9. The van der Waals surface area contributed by atoms with Crippen LogP contribution in [0.5, 0.6) is 0 Å². The molecule has 1 aliphatic rings. The molecule has 1 atom stereocenters. The second-order valence-electron chi connectivity index (χ2n) is 7.21. The normalized spacial score (nSPS) is 18.1. The number of carbonyl (C=O) groups is 1. The highest BCUT2D eigenvalue weighted by Gasteiger charge is 2.26. The third-order valence-electron chi connectivity index (χ3n) is 4.69. The van der Waals surface area contributed by atoms with E-state index in [1.807, 2.05) is 25.7 Å². The van der Waals surface area contributed by atoms with E-state index in [1.54, 1.807) is 0 Å². The summed E-state index contributed by atoms with van der Waals surface area (Å²) in [6, 6.07) is 2.35. The van der Waals surface area contributed by atoms with Crippen LogP contribution in [0.1, 0.15) is 68.2 Å². The van der Waals surface area contributed by atoms with E-state index in [2.05, 4.69) is 32.9 Å². The predicted molar refractivity (Wildman–Crippen MR) is 93.3 cm³/mol. The molecule has 1 fully saturated rings. The number of aryl methyl sites for hydroxylation is 3. The Labute approximate surface area is 148 Å². The molecule has 0 spiro atoms. The molecule has 2 aromatic heterocycles. The summed E-state index contributed by atoms with van der Waals surface area (Å²) in [5.74, 6) is 1.63. The molecule has 0 saturated carbocycles. The van der Waals surface area contributed by atoms with Gasteiger partial charge in [-0.25, -0.2) is 0 Å². The van der Waals surface area contributed by atoms with Crippen LogP contribution in [0.2, 0.25) is 0 Å². The largest absolute Gasteiger partial charge is 0.341 e. The molecule has 7 heteroatoms. The van der Waals surface area contributed by atoms with E-state index in [9.17, 15) is 4.79 Å². The van der Waals surface area contributed by atoms with Crippen molar-refractivity contribution in [3.63, 3.8) is 0 Å². The number of aromatic nitrogens is 4. The van der Waals surface area contributed by atoms with Gasteiger partial charge < -0.3 is 9.42 Å². The Bertz CT molecular complexity index is 734. The third-order valence-corrected chi connectivity index (χ3v) is 4.69. The van der Waals surface area contributed by atoms with Gasteiger partial charge in [0.05, 0.1) is 11.7 Å². The van der Waals surface area contributed by atoms with E-state index in [-0.39, 0.29) is 17.9 Å². The van der Waals surface area contributed by atoms with Gasteiger partial charge in [-0.3, -0.25) is 9.48 Å². The van der Waals surface area contributed by atoms with Gasteiger partial charge >= 0.3 is 0 Å². The van der Waals surface area contributed by atoms with E-state index in [0.29, 0.717) is 24.6 Å². The molecule has 0 aromatic carbocycles. The Morgan fingerprint density at radius 3 is 2.84 bits per heavy atom. The third kappa shape index (κ3) is 4.08. The maximum Gasteiger partial charge on any atom is 0.227 e. The first-order valence-electron chi connectivity index (χ1n) is 9.07. The van der Waals surface area contributed by atoms with Crippen molar-refractivity contribution in [1.29, 1.82) is 0 Å². The van der Waals surface area contributed by atoms with Crippen LogP contribution in [-0.4, -0.2) is 43.8 Å². The minimum absolute atomic E-state index is 0.149. The van der Waals surface area contributed by atoms with E-state index in [0.717, 1.165) is 37.3 Å². The first kappa shape index (κ1) is 17.6. The minimum atomic E-state index is 0.149. The fourth-order valence-corrected chi connectivity index (χ4v) is 3.37. The molecule has 0 N–H and O–H groups in total. The van der Waals surface area contributed by atoms with Crippen molar-refractivity contribution < 1.29 is 9.32 Å². The Balaban J connectivity index is 1.57. The van der Waals surface area contributed by atoms with Gasteiger partial charge in [0.2, 0.25) is 11.8 Å². The fourth-order valence-electron chi connectivity index (χ4n) is 3.37. The van der Waals surface area contributed by atoms with Gasteiger partial charge in [-0.2, -0.15) is 10.1 Å². The number of likely N-dealkylation sites (tertiary alicyclic amines) is 1. The molecule has 0 bridgehead atoms. The molecular weight excluding hydrogens is 318 g/mol. The zero-order valence-corrected chi connectivity index (χ0v) is 15.5. The number of hydrogen-bond donors (Lipinski definition) is 0. The highest BCUT2D eigenvalue weighted by atomic mass is 16.5. The molecule has 1 aliphatic heterocycles. The molecule has 0 unspecified atom stereocenters.